The van der Waals surface area contributed by atoms with Gasteiger partial charge >= 0.3 is 0 Å². The Morgan fingerprint density at radius 2 is 1.86 bits per heavy atom. The third-order valence-corrected chi connectivity index (χ3v) is 5.04. The maximum atomic E-state index is 12.3. The highest BCUT2D eigenvalue weighted by Gasteiger charge is 2.12. The first-order valence-electron chi connectivity index (χ1n) is 8.57. The lowest BCUT2D eigenvalue weighted by atomic mass is 10.1. The van der Waals surface area contributed by atoms with Crippen molar-refractivity contribution in [2.45, 2.75) is 5.16 Å². The first-order chi connectivity index (χ1) is 13.7. The van der Waals surface area contributed by atoms with Crippen LogP contribution in [0.4, 0.5) is 5.69 Å². The molecule has 0 atom stereocenters. The molecule has 1 aromatic heterocycles. The van der Waals surface area contributed by atoms with Gasteiger partial charge in [0.05, 0.1) is 18.6 Å². The fraction of sp³-hybridized carbons (Fsp3) is 0.100. The number of hydrogen-bond donors (Lipinski definition) is 1. The number of nitrogens with zero attached hydrogens (tertiary/aromatic N) is 4. The Hall–Kier alpha value is -3.39. The van der Waals surface area contributed by atoms with Crippen LogP contribution in [-0.2, 0) is 4.79 Å². The minimum atomic E-state index is -0.121. The van der Waals surface area contributed by atoms with Crippen molar-refractivity contribution in [3.8, 4) is 11.4 Å². The lowest BCUT2D eigenvalue weighted by molar-refractivity contribution is -0.113. The number of fused-ring (bicyclic) bond motifs is 1. The SMILES string of the molecule is COc1ccc(-n2nnnc2SCC(=O)Nc2ccc3ccccc3c2)cc1. The number of nitrogens with one attached hydrogen (secondary N) is 1. The van der Waals surface area contributed by atoms with Crippen LogP contribution in [0.15, 0.2) is 71.9 Å². The van der Waals surface area contributed by atoms with Crippen molar-refractivity contribution in [2.24, 2.45) is 0 Å². The highest BCUT2D eigenvalue weighted by atomic mass is 32.2. The number of hydrogen-bond acceptors (Lipinski definition) is 6. The molecule has 0 bridgehead atoms. The predicted molar refractivity (Wildman–Crippen MR) is 109 cm³/mol. The lowest BCUT2D eigenvalue weighted by Gasteiger charge is -2.07. The molecule has 8 heteroatoms. The number of methoxy groups -OCH3 is 1. The summed E-state index contributed by atoms with van der Waals surface area (Å²) >= 11 is 1.27. The van der Waals surface area contributed by atoms with E-state index in [9.17, 15) is 4.79 Å². The highest BCUT2D eigenvalue weighted by molar-refractivity contribution is 7.99. The molecule has 1 heterocycles. The Balaban J connectivity index is 1.41. The molecule has 28 heavy (non-hydrogen) atoms. The van der Waals surface area contributed by atoms with Gasteiger partial charge in [-0.25, -0.2) is 0 Å². The number of anilines is 1. The third-order valence-electron chi connectivity index (χ3n) is 4.12. The Kier molecular flexibility index (Phi) is 5.20. The van der Waals surface area contributed by atoms with Crippen LogP contribution in [0, 0.1) is 0 Å². The summed E-state index contributed by atoms with van der Waals surface area (Å²) in [5, 5.41) is 17.4. The van der Waals surface area contributed by atoms with Crippen molar-refractivity contribution in [3.63, 3.8) is 0 Å². The summed E-state index contributed by atoms with van der Waals surface area (Å²) in [6.07, 6.45) is 0. The standard InChI is InChI=1S/C20H17N5O2S/c1-27-18-10-8-17(9-11-18)25-20(22-23-24-25)28-13-19(26)21-16-7-6-14-4-2-3-5-15(14)12-16/h2-12H,13H2,1H3,(H,21,26). The molecule has 0 unspecified atom stereocenters. The molecule has 0 radical (unpaired) electrons. The van der Waals surface area contributed by atoms with Crippen LogP contribution in [0.3, 0.4) is 0 Å². The largest absolute Gasteiger partial charge is 0.497 e. The number of carbonyl (C=O) groups excluding carboxylic acids is 1. The fourth-order valence-electron chi connectivity index (χ4n) is 2.75. The Morgan fingerprint density at radius 1 is 1.07 bits per heavy atom. The maximum Gasteiger partial charge on any atom is 0.234 e. The molecule has 0 fully saturated rings. The number of tetrazole rings is 1. The van der Waals surface area contributed by atoms with Gasteiger partial charge in [0.25, 0.3) is 0 Å². The van der Waals surface area contributed by atoms with Crippen molar-refractivity contribution in [3.05, 3.63) is 66.7 Å². The maximum absolute atomic E-state index is 12.3. The molecule has 0 spiro atoms. The van der Waals surface area contributed by atoms with Crippen LogP contribution in [0.25, 0.3) is 16.5 Å². The molecule has 1 N–H and O–H groups in total. The van der Waals surface area contributed by atoms with E-state index in [-0.39, 0.29) is 11.7 Å². The zero-order valence-electron chi connectivity index (χ0n) is 15.1. The van der Waals surface area contributed by atoms with E-state index in [0.29, 0.717) is 5.16 Å². The summed E-state index contributed by atoms with van der Waals surface area (Å²) in [4.78, 5) is 12.3. The van der Waals surface area contributed by atoms with Gasteiger partial charge in [0.2, 0.25) is 11.1 Å². The lowest BCUT2D eigenvalue weighted by Crippen LogP contribution is -2.14. The number of amides is 1. The van der Waals surface area contributed by atoms with Crippen molar-refractivity contribution in [1.82, 2.24) is 20.2 Å². The molecular formula is C20H17N5O2S. The first kappa shape index (κ1) is 18.0. The molecule has 4 rings (SSSR count). The molecular weight excluding hydrogens is 374 g/mol. The predicted octanol–water partition coefficient (Wildman–Crippen LogP) is 3.55. The van der Waals surface area contributed by atoms with Gasteiger partial charge in [-0.15, -0.1) is 5.10 Å². The molecule has 7 nitrogen and oxygen atoms in total. The summed E-state index contributed by atoms with van der Waals surface area (Å²) in [6.45, 7) is 0. The molecule has 0 aliphatic heterocycles. The van der Waals surface area contributed by atoms with Crippen molar-refractivity contribution in [1.29, 1.82) is 0 Å². The van der Waals surface area contributed by atoms with Gasteiger partial charge in [0, 0.05) is 5.69 Å². The zero-order chi connectivity index (χ0) is 19.3. The van der Waals surface area contributed by atoms with Gasteiger partial charge in [-0.2, -0.15) is 4.68 Å². The van der Waals surface area contributed by atoms with E-state index in [4.69, 9.17) is 4.74 Å². The number of benzene rings is 3. The Morgan fingerprint density at radius 3 is 2.64 bits per heavy atom. The minimum absolute atomic E-state index is 0.121. The molecule has 0 aliphatic rings. The zero-order valence-corrected chi connectivity index (χ0v) is 15.9. The normalized spacial score (nSPS) is 10.8. The van der Waals surface area contributed by atoms with Gasteiger partial charge < -0.3 is 10.1 Å². The smallest absolute Gasteiger partial charge is 0.234 e. The summed E-state index contributed by atoms with van der Waals surface area (Å²) in [6, 6.07) is 21.2. The van der Waals surface area contributed by atoms with E-state index >= 15 is 0 Å². The number of ether oxygens (including phenoxy) is 1. The number of aromatic nitrogens is 4. The molecule has 4 aromatic rings. The van der Waals surface area contributed by atoms with Gasteiger partial charge in [-0.05, 0) is 57.6 Å². The minimum Gasteiger partial charge on any atom is -0.497 e. The van der Waals surface area contributed by atoms with Crippen LogP contribution in [0.2, 0.25) is 0 Å². The van der Waals surface area contributed by atoms with Gasteiger partial charge in [0.1, 0.15) is 5.75 Å². The first-order valence-corrected chi connectivity index (χ1v) is 9.56. The molecule has 1 amide bonds. The van der Waals surface area contributed by atoms with E-state index in [1.165, 1.54) is 11.8 Å². The average Bonchev–Trinajstić information content (AvgIpc) is 3.21. The van der Waals surface area contributed by atoms with E-state index in [1.54, 1.807) is 11.8 Å². The second-order valence-corrected chi connectivity index (χ2v) is 6.91. The second kappa shape index (κ2) is 8.10. The van der Waals surface area contributed by atoms with E-state index in [1.807, 2.05) is 66.7 Å². The van der Waals surface area contributed by atoms with Crippen LogP contribution >= 0.6 is 11.8 Å². The third kappa shape index (κ3) is 3.96. The van der Waals surface area contributed by atoms with Crippen molar-refractivity contribution in [2.75, 3.05) is 18.2 Å². The summed E-state index contributed by atoms with van der Waals surface area (Å²) in [5.41, 5.74) is 1.56. The number of rotatable bonds is 6. The monoisotopic (exact) mass is 391 g/mol. The van der Waals surface area contributed by atoms with Crippen LogP contribution < -0.4 is 10.1 Å². The quantitative estimate of drug-likeness (QED) is 0.506. The topological polar surface area (TPSA) is 81.9 Å². The van der Waals surface area contributed by atoms with Gasteiger partial charge in [-0.1, -0.05) is 42.1 Å². The van der Waals surface area contributed by atoms with E-state index < -0.39 is 0 Å². The van der Waals surface area contributed by atoms with Crippen molar-refractivity contribution >= 4 is 34.1 Å². The molecule has 140 valence electrons. The summed E-state index contributed by atoms with van der Waals surface area (Å²) < 4.78 is 6.75. The van der Waals surface area contributed by atoms with Crippen LogP contribution in [-0.4, -0.2) is 39.0 Å². The Bertz CT molecular complexity index is 1110. The second-order valence-electron chi connectivity index (χ2n) is 5.97. The summed E-state index contributed by atoms with van der Waals surface area (Å²) in [5.74, 6) is 0.828. The average molecular weight is 391 g/mol. The fourth-order valence-corrected chi connectivity index (χ4v) is 3.44. The number of carbonyl (C=O) groups is 1. The molecule has 3 aromatic carbocycles. The van der Waals surface area contributed by atoms with Crippen LogP contribution in [0.5, 0.6) is 5.75 Å². The highest BCUT2D eigenvalue weighted by Crippen LogP contribution is 2.22. The van der Waals surface area contributed by atoms with Gasteiger partial charge in [0.15, 0.2) is 0 Å². The van der Waals surface area contributed by atoms with E-state index in [0.717, 1.165) is 27.9 Å². The Labute approximate surface area is 165 Å². The van der Waals surface area contributed by atoms with Crippen LogP contribution in [0.1, 0.15) is 0 Å². The number of thioether (sulfide) groups is 1. The molecule has 0 saturated heterocycles. The van der Waals surface area contributed by atoms with E-state index in [2.05, 4.69) is 20.8 Å². The molecule has 0 aliphatic carbocycles. The summed E-state index contributed by atoms with van der Waals surface area (Å²) in [7, 11) is 1.61. The van der Waals surface area contributed by atoms with Gasteiger partial charge in [-0.3, -0.25) is 4.79 Å². The van der Waals surface area contributed by atoms with Crippen molar-refractivity contribution < 1.29 is 9.53 Å². The molecule has 0 saturated carbocycles.